The van der Waals surface area contributed by atoms with Gasteiger partial charge in [-0.1, -0.05) is 12.8 Å². The molecule has 0 aliphatic heterocycles. The Morgan fingerprint density at radius 2 is 2.11 bits per heavy atom. The van der Waals surface area contributed by atoms with Crippen LogP contribution in [0, 0.1) is 5.92 Å². The average molecular weight is 265 g/mol. The number of hydrogen-bond acceptors (Lipinski definition) is 3. The number of rotatable bonds is 6. The fourth-order valence-corrected chi connectivity index (χ4v) is 3.75. The van der Waals surface area contributed by atoms with Crippen LogP contribution in [0.5, 0.6) is 5.75 Å². The van der Waals surface area contributed by atoms with E-state index in [9.17, 15) is 0 Å². The predicted molar refractivity (Wildman–Crippen MR) is 80.1 cm³/mol. The molecule has 0 bridgehead atoms. The number of thioether (sulfide) groups is 1. The van der Waals surface area contributed by atoms with Crippen LogP contribution in [0.15, 0.2) is 18.2 Å². The molecule has 0 atom stereocenters. The third kappa shape index (κ3) is 3.84. The van der Waals surface area contributed by atoms with Crippen molar-refractivity contribution in [2.75, 3.05) is 18.1 Å². The monoisotopic (exact) mass is 265 g/mol. The zero-order chi connectivity index (χ0) is 12.8. The normalized spacial score (nSPS) is 16.1. The number of anilines is 1. The summed E-state index contributed by atoms with van der Waals surface area (Å²) < 4.78 is 5.65. The van der Waals surface area contributed by atoms with E-state index in [-0.39, 0.29) is 0 Å². The Hall–Kier alpha value is -0.830. The standard InChI is InChI=1S/C15H23NOS/c1-2-17-15-8-7-14(16)9-13(15)11-18-10-12-5-3-4-6-12/h7-9,12H,2-6,10-11,16H2,1H3. The molecule has 2 N–H and O–H groups in total. The van der Waals surface area contributed by atoms with E-state index in [0.29, 0.717) is 6.61 Å². The molecule has 1 fully saturated rings. The summed E-state index contributed by atoms with van der Waals surface area (Å²) in [7, 11) is 0. The highest BCUT2D eigenvalue weighted by Gasteiger charge is 2.15. The molecule has 0 spiro atoms. The second kappa shape index (κ2) is 6.93. The summed E-state index contributed by atoms with van der Waals surface area (Å²) in [6.45, 7) is 2.73. The predicted octanol–water partition coefficient (Wildman–Crippen LogP) is 4.09. The fraction of sp³-hybridized carbons (Fsp3) is 0.600. The van der Waals surface area contributed by atoms with Crippen molar-refractivity contribution < 1.29 is 4.74 Å². The van der Waals surface area contributed by atoms with Crippen molar-refractivity contribution in [3.63, 3.8) is 0 Å². The molecule has 18 heavy (non-hydrogen) atoms. The Labute approximate surface area is 114 Å². The van der Waals surface area contributed by atoms with Gasteiger partial charge in [0, 0.05) is 17.0 Å². The van der Waals surface area contributed by atoms with Crippen molar-refractivity contribution in [3.8, 4) is 5.75 Å². The van der Waals surface area contributed by atoms with E-state index in [1.165, 1.54) is 37.0 Å². The molecular formula is C15H23NOS. The molecule has 0 aromatic heterocycles. The van der Waals surface area contributed by atoms with Crippen molar-refractivity contribution in [2.24, 2.45) is 5.92 Å². The van der Waals surface area contributed by atoms with E-state index in [4.69, 9.17) is 10.5 Å². The van der Waals surface area contributed by atoms with Gasteiger partial charge in [-0.3, -0.25) is 0 Å². The molecule has 0 radical (unpaired) electrons. The minimum atomic E-state index is 0.713. The molecule has 0 heterocycles. The number of nitrogens with two attached hydrogens (primary N) is 1. The quantitative estimate of drug-likeness (QED) is 0.787. The van der Waals surface area contributed by atoms with Crippen LogP contribution < -0.4 is 10.5 Å². The van der Waals surface area contributed by atoms with Crippen molar-refractivity contribution in [2.45, 2.75) is 38.4 Å². The van der Waals surface area contributed by atoms with Crippen LogP contribution >= 0.6 is 11.8 Å². The summed E-state index contributed by atoms with van der Waals surface area (Å²) in [5.41, 5.74) is 7.92. The second-order valence-corrected chi connectivity index (χ2v) is 6.00. The van der Waals surface area contributed by atoms with Gasteiger partial charge in [0.1, 0.15) is 5.75 Å². The molecule has 2 rings (SSSR count). The van der Waals surface area contributed by atoms with E-state index in [0.717, 1.165) is 23.1 Å². The minimum absolute atomic E-state index is 0.713. The largest absolute Gasteiger partial charge is 0.494 e. The molecular weight excluding hydrogens is 242 g/mol. The molecule has 1 aromatic rings. The minimum Gasteiger partial charge on any atom is -0.494 e. The van der Waals surface area contributed by atoms with Gasteiger partial charge < -0.3 is 10.5 Å². The lowest BCUT2D eigenvalue weighted by Crippen LogP contribution is -2.00. The molecule has 1 saturated carbocycles. The van der Waals surface area contributed by atoms with Gasteiger partial charge in [0.2, 0.25) is 0 Å². The summed E-state index contributed by atoms with van der Waals surface area (Å²) in [6, 6.07) is 5.95. The Bertz CT molecular complexity index is 375. The van der Waals surface area contributed by atoms with Crippen molar-refractivity contribution in [3.05, 3.63) is 23.8 Å². The Morgan fingerprint density at radius 1 is 1.33 bits per heavy atom. The van der Waals surface area contributed by atoms with Gasteiger partial charge in [-0.25, -0.2) is 0 Å². The first-order chi connectivity index (χ1) is 8.79. The van der Waals surface area contributed by atoms with Crippen LogP contribution in [0.25, 0.3) is 0 Å². The molecule has 0 unspecified atom stereocenters. The van der Waals surface area contributed by atoms with Crippen LogP contribution in [-0.4, -0.2) is 12.4 Å². The van der Waals surface area contributed by atoms with Gasteiger partial charge in [-0.05, 0) is 49.6 Å². The third-order valence-electron chi connectivity index (χ3n) is 3.47. The highest BCUT2D eigenvalue weighted by atomic mass is 32.2. The Morgan fingerprint density at radius 3 is 2.83 bits per heavy atom. The second-order valence-electron chi connectivity index (χ2n) is 4.97. The smallest absolute Gasteiger partial charge is 0.123 e. The van der Waals surface area contributed by atoms with Crippen LogP contribution in [0.4, 0.5) is 5.69 Å². The molecule has 1 aliphatic rings. The third-order valence-corrected chi connectivity index (χ3v) is 4.69. The maximum atomic E-state index is 5.85. The van der Waals surface area contributed by atoms with Crippen LogP contribution in [-0.2, 0) is 5.75 Å². The Balaban J connectivity index is 1.88. The topological polar surface area (TPSA) is 35.2 Å². The van der Waals surface area contributed by atoms with Gasteiger partial charge >= 0.3 is 0 Å². The summed E-state index contributed by atoms with van der Waals surface area (Å²) in [5.74, 6) is 4.22. The summed E-state index contributed by atoms with van der Waals surface area (Å²) in [6.07, 6.45) is 5.69. The first-order valence-corrected chi connectivity index (χ1v) is 8.04. The van der Waals surface area contributed by atoms with E-state index in [1.54, 1.807) is 0 Å². The SMILES string of the molecule is CCOc1ccc(N)cc1CSCC1CCCC1. The van der Waals surface area contributed by atoms with E-state index >= 15 is 0 Å². The Kier molecular flexibility index (Phi) is 5.24. The molecule has 3 heteroatoms. The molecule has 1 aliphatic carbocycles. The van der Waals surface area contributed by atoms with Gasteiger partial charge in [0.05, 0.1) is 6.61 Å². The lowest BCUT2D eigenvalue weighted by Gasteiger charge is -2.12. The fourth-order valence-electron chi connectivity index (χ4n) is 2.52. The number of hydrogen-bond donors (Lipinski definition) is 1. The average Bonchev–Trinajstić information content (AvgIpc) is 2.86. The van der Waals surface area contributed by atoms with Crippen molar-refractivity contribution in [1.29, 1.82) is 0 Å². The number of ether oxygens (including phenoxy) is 1. The van der Waals surface area contributed by atoms with Crippen molar-refractivity contribution >= 4 is 17.4 Å². The first-order valence-electron chi connectivity index (χ1n) is 6.88. The first kappa shape index (κ1) is 13.6. The molecule has 2 nitrogen and oxygen atoms in total. The van der Waals surface area contributed by atoms with E-state index < -0.39 is 0 Å². The maximum absolute atomic E-state index is 5.85. The summed E-state index contributed by atoms with van der Waals surface area (Å²) >= 11 is 2.02. The van der Waals surface area contributed by atoms with Gasteiger partial charge in [0.15, 0.2) is 0 Å². The van der Waals surface area contributed by atoms with Crippen LogP contribution in [0.2, 0.25) is 0 Å². The number of nitrogen functional groups attached to an aromatic ring is 1. The molecule has 0 amide bonds. The van der Waals surface area contributed by atoms with Gasteiger partial charge in [0.25, 0.3) is 0 Å². The maximum Gasteiger partial charge on any atom is 0.123 e. The van der Waals surface area contributed by atoms with Crippen molar-refractivity contribution in [1.82, 2.24) is 0 Å². The molecule has 1 aromatic carbocycles. The summed E-state index contributed by atoms with van der Waals surface area (Å²) in [4.78, 5) is 0. The lowest BCUT2D eigenvalue weighted by molar-refractivity contribution is 0.337. The van der Waals surface area contributed by atoms with Crippen LogP contribution in [0.3, 0.4) is 0 Å². The van der Waals surface area contributed by atoms with Crippen LogP contribution in [0.1, 0.15) is 38.2 Å². The zero-order valence-corrected chi connectivity index (χ0v) is 12.0. The van der Waals surface area contributed by atoms with Gasteiger partial charge in [-0.2, -0.15) is 11.8 Å². The molecule has 0 saturated heterocycles. The summed E-state index contributed by atoms with van der Waals surface area (Å²) in [5, 5.41) is 0. The van der Waals surface area contributed by atoms with E-state index in [2.05, 4.69) is 0 Å². The highest BCUT2D eigenvalue weighted by molar-refractivity contribution is 7.98. The van der Waals surface area contributed by atoms with Gasteiger partial charge in [-0.15, -0.1) is 0 Å². The zero-order valence-electron chi connectivity index (χ0n) is 11.2. The number of benzene rings is 1. The highest BCUT2D eigenvalue weighted by Crippen LogP contribution is 2.31. The molecule has 100 valence electrons. The lowest BCUT2D eigenvalue weighted by atomic mass is 10.1. The van der Waals surface area contributed by atoms with E-state index in [1.807, 2.05) is 36.9 Å².